The van der Waals surface area contributed by atoms with Crippen molar-refractivity contribution >= 4 is 11.6 Å². The Morgan fingerprint density at radius 2 is 1.81 bits per heavy atom. The number of halogens is 1. The van der Waals surface area contributed by atoms with Crippen LogP contribution in [-0.2, 0) is 0 Å². The summed E-state index contributed by atoms with van der Waals surface area (Å²) in [6.45, 7) is 6.88. The summed E-state index contributed by atoms with van der Waals surface area (Å²) in [5.74, 6) is 6.00. The molecule has 134 valence electrons. The highest BCUT2D eigenvalue weighted by Gasteiger charge is 2.15. The van der Waals surface area contributed by atoms with E-state index in [1.54, 1.807) is 24.3 Å². The molecule has 2 aromatic carbocycles. The molecule has 0 aliphatic carbocycles. The van der Waals surface area contributed by atoms with Crippen molar-refractivity contribution in [1.82, 2.24) is 0 Å². The molecule has 0 aromatic heterocycles. The predicted octanol–water partition coefficient (Wildman–Crippen LogP) is 4.25. The number of hydrogen-bond acceptors (Lipinski definition) is 3. The minimum absolute atomic E-state index is 0.0406. The molecule has 0 radical (unpaired) electrons. The Labute approximate surface area is 152 Å². The van der Waals surface area contributed by atoms with Crippen molar-refractivity contribution in [3.05, 3.63) is 53.3 Å². The Hall–Kier alpha value is -3.00. The molecule has 1 amide bonds. The van der Waals surface area contributed by atoms with E-state index in [0.29, 0.717) is 36.0 Å². The maximum Gasteiger partial charge on any atom is 0.258 e. The first kappa shape index (κ1) is 17.8. The van der Waals surface area contributed by atoms with Crippen molar-refractivity contribution in [2.24, 2.45) is 5.41 Å². The zero-order valence-electron chi connectivity index (χ0n) is 15.0. The molecule has 0 atom stereocenters. The van der Waals surface area contributed by atoms with Crippen LogP contribution in [0.1, 0.15) is 36.7 Å². The summed E-state index contributed by atoms with van der Waals surface area (Å²) in [5.41, 5.74) is 0.829. The Morgan fingerprint density at radius 3 is 2.50 bits per heavy atom. The smallest absolute Gasteiger partial charge is 0.258 e. The van der Waals surface area contributed by atoms with Crippen LogP contribution in [0, 0.1) is 23.1 Å². The second-order valence-corrected chi connectivity index (χ2v) is 7.01. The van der Waals surface area contributed by atoms with Crippen LogP contribution < -0.4 is 14.8 Å². The summed E-state index contributed by atoms with van der Waals surface area (Å²) in [4.78, 5) is 12.4. The summed E-state index contributed by atoms with van der Waals surface area (Å²) in [7, 11) is 0. The van der Waals surface area contributed by atoms with Gasteiger partial charge in [0.2, 0.25) is 0 Å². The van der Waals surface area contributed by atoms with Crippen LogP contribution in [0.2, 0.25) is 0 Å². The topological polar surface area (TPSA) is 47.6 Å². The first-order valence-electron chi connectivity index (χ1n) is 8.35. The fourth-order valence-corrected chi connectivity index (χ4v) is 2.36. The van der Waals surface area contributed by atoms with Gasteiger partial charge in [-0.15, -0.1) is 0 Å². The molecule has 1 heterocycles. The Bertz CT molecular complexity index is 904. The van der Waals surface area contributed by atoms with Crippen molar-refractivity contribution in [3.63, 3.8) is 0 Å². The number of ether oxygens (including phenoxy) is 2. The van der Waals surface area contributed by atoms with Gasteiger partial charge in [-0.2, -0.15) is 0 Å². The molecule has 0 unspecified atom stereocenters. The van der Waals surface area contributed by atoms with Gasteiger partial charge in [0.25, 0.3) is 5.91 Å². The number of fused-ring (bicyclic) bond motifs is 1. The molecule has 4 nitrogen and oxygen atoms in total. The molecule has 2 aromatic rings. The van der Waals surface area contributed by atoms with Crippen LogP contribution in [0.5, 0.6) is 11.5 Å². The molecule has 5 heteroatoms. The van der Waals surface area contributed by atoms with Gasteiger partial charge in [-0.1, -0.05) is 11.8 Å². The van der Waals surface area contributed by atoms with Crippen molar-refractivity contribution in [3.8, 4) is 23.3 Å². The lowest BCUT2D eigenvalue weighted by Crippen LogP contribution is -2.17. The quantitative estimate of drug-likeness (QED) is 0.821. The molecule has 0 saturated carbocycles. The summed E-state index contributed by atoms with van der Waals surface area (Å²) in [5, 5.41) is 2.67. The van der Waals surface area contributed by atoms with E-state index in [-0.39, 0.29) is 11.0 Å². The van der Waals surface area contributed by atoms with Crippen molar-refractivity contribution in [2.75, 3.05) is 18.5 Å². The molecule has 0 spiro atoms. The van der Waals surface area contributed by atoms with Gasteiger partial charge in [0.05, 0.1) is 5.56 Å². The Morgan fingerprint density at radius 1 is 1.08 bits per heavy atom. The Kier molecular flexibility index (Phi) is 4.85. The van der Waals surface area contributed by atoms with E-state index >= 15 is 0 Å². The van der Waals surface area contributed by atoms with E-state index in [0.717, 1.165) is 0 Å². The molecule has 1 aliphatic rings. The molecule has 0 fully saturated rings. The maximum atomic E-state index is 14.3. The lowest BCUT2D eigenvalue weighted by molar-refractivity contribution is 0.102. The van der Waals surface area contributed by atoms with Crippen LogP contribution in [0.25, 0.3) is 0 Å². The van der Waals surface area contributed by atoms with Gasteiger partial charge >= 0.3 is 0 Å². The number of amides is 1. The summed E-state index contributed by atoms with van der Waals surface area (Å²) < 4.78 is 25.2. The standard InChI is InChI=1S/C21H20FNO3/c1-21(2,3)9-8-14-4-6-16(17(22)12-14)20(24)23-15-5-7-18-19(13-15)26-11-10-25-18/h4-7,12-13H,10-11H2,1-3H3,(H,23,24). The van der Waals surface area contributed by atoms with Gasteiger partial charge in [0.1, 0.15) is 19.0 Å². The minimum Gasteiger partial charge on any atom is -0.486 e. The molecule has 1 aliphatic heterocycles. The Balaban J connectivity index is 1.76. The summed E-state index contributed by atoms with van der Waals surface area (Å²) >= 11 is 0. The van der Waals surface area contributed by atoms with E-state index < -0.39 is 11.7 Å². The van der Waals surface area contributed by atoms with E-state index in [1.807, 2.05) is 20.8 Å². The van der Waals surface area contributed by atoms with E-state index in [4.69, 9.17) is 9.47 Å². The average Bonchev–Trinajstić information content (AvgIpc) is 2.59. The second-order valence-electron chi connectivity index (χ2n) is 7.01. The molecular weight excluding hydrogens is 333 g/mol. The van der Waals surface area contributed by atoms with Gasteiger partial charge in [-0.05, 0) is 51.1 Å². The van der Waals surface area contributed by atoms with E-state index in [1.165, 1.54) is 12.1 Å². The van der Waals surface area contributed by atoms with Crippen LogP contribution in [-0.4, -0.2) is 19.1 Å². The molecular formula is C21H20FNO3. The zero-order chi connectivity index (χ0) is 18.7. The third-order valence-corrected chi connectivity index (χ3v) is 3.60. The largest absolute Gasteiger partial charge is 0.486 e. The SMILES string of the molecule is CC(C)(C)C#Cc1ccc(C(=O)Nc2ccc3c(c2)OCCO3)c(F)c1. The van der Waals surface area contributed by atoms with Gasteiger partial charge < -0.3 is 14.8 Å². The normalized spacial score (nSPS) is 12.8. The van der Waals surface area contributed by atoms with Crippen molar-refractivity contribution in [2.45, 2.75) is 20.8 Å². The first-order valence-corrected chi connectivity index (χ1v) is 8.35. The van der Waals surface area contributed by atoms with Gasteiger partial charge in [-0.3, -0.25) is 4.79 Å². The number of rotatable bonds is 2. The molecule has 26 heavy (non-hydrogen) atoms. The van der Waals surface area contributed by atoms with Gasteiger partial charge in [0.15, 0.2) is 11.5 Å². The lowest BCUT2D eigenvalue weighted by atomic mass is 9.97. The number of nitrogens with one attached hydrogen (secondary N) is 1. The molecule has 1 N–H and O–H groups in total. The van der Waals surface area contributed by atoms with Crippen LogP contribution in [0.15, 0.2) is 36.4 Å². The number of anilines is 1. The van der Waals surface area contributed by atoms with Crippen LogP contribution in [0.4, 0.5) is 10.1 Å². The number of carbonyl (C=O) groups is 1. The van der Waals surface area contributed by atoms with Gasteiger partial charge in [0, 0.05) is 22.7 Å². The molecule has 0 bridgehead atoms. The van der Waals surface area contributed by atoms with E-state index in [9.17, 15) is 9.18 Å². The molecule has 3 rings (SSSR count). The van der Waals surface area contributed by atoms with Gasteiger partial charge in [-0.25, -0.2) is 4.39 Å². The summed E-state index contributed by atoms with van der Waals surface area (Å²) in [6, 6.07) is 9.42. The second kappa shape index (κ2) is 7.09. The predicted molar refractivity (Wildman–Crippen MR) is 98.1 cm³/mol. The monoisotopic (exact) mass is 353 g/mol. The van der Waals surface area contributed by atoms with Crippen molar-refractivity contribution in [1.29, 1.82) is 0 Å². The van der Waals surface area contributed by atoms with Crippen LogP contribution in [0.3, 0.4) is 0 Å². The number of carbonyl (C=O) groups excluding carboxylic acids is 1. The maximum absolute atomic E-state index is 14.3. The minimum atomic E-state index is -0.610. The number of benzene rings is 2. The fourth-order valence-electron chi connectivity index (χ4n) is 2.36. The third-order valence-electron chi connectivity index (χ3n) is 3.60. The summed E-state index contributed by atoms with van der Waals surface area (Å²) in [6.07, 6.45) is 0. The first-order chi connectivity index (χ1) is 12.3. The highest BCUT2D eigenvalue weighted by Crippen LogP contribution is 2.32. The zero-order valence-corrected chi connectivity index (χ0v) is 15.0. The lowest BCUT2D eigenvalue weighted by Gasteiger charge is -2.19. The average molecular weight is 353 g/mol. The third kappa shape index (κ3) is 4.34. The highest BCUT2D eigenvalue weighted by molar-refractivity contribution is 6.04. The molecule has 0 saturated heterocycles. The number of hydrogen-bond donors (Lipinski definition) is 1. The fraction of sp³-hybridized carbons (Fsp3) is 0.286. The van der Waals surface area contributed by atoms with E-state index in [2.05, 4.69) is 17.2 Å². The van der Waals surface area contributed by atoms with Crippen molar-refractivity contribution < 1.29 is 18.7 Å². The highest BCUT2D eigenvalue weighted by atomic mass is 19.1. The van der Waals surface area contributed by atoms with Crippen LogP contribution >= 0.6 is 0 Å².